The molecule has 0 unspecified atom stereocenters. The van der Waals surface area contributed by atoms with Gasteiger partial charge in [0.2, 0.25) is 0 Å². The van der Waals surface area contributed by atoms with Crippen LogP contribution < -0.4 is 10.6 Å². The second-order valence-electron chi connectivity index (χ2n) is 5.17. The van der Waals surface area contributed by atoms with Gasteiger partial charge >= 0.3 is 0 Å². The van der Waals surface area contributed by atoms with E-state index >= 15 is 0 Å². The van der Waals surface area contributed by atoms with Gasteiger partial charge in [-0.05, 0) is 45.0 Å². The van der Waals surface area contributed by atoms with Crippen molar-refractivity contribution >= 4 is 11.7 Å². The second-order valence-corrected chi connectivity index (χ2v) is 5.17. The Bertz CT molecular complexity index is 594. The number of aromatic nitrogens is 3. The van der Waals surface area contributed by atoms with Crippen LogP contribution in [-0.2, 0) is 0 Å². The molecule has 0 aromatic carbocycles. The highest BCUT2D eigenvalue weighted by atomic mass is 16.2. The Hall–Kier alpha value is -2.08. The highest BCUT2D eigenvalue weighted by Gasteiger charge is 2.20. The Morgan fingerprint density at radius 3 is 2.95 bits per heavy atom. The van der Waals surface area contributed by atoms with Crippen LogP contribution in [0.5, 0.6) is 0 Å². The van der Waals surface area contributed by atoms with Gasteiger partial charge in [-0.3, -0.25) is 9.89 Å². The lowest BCUT2D eigenvalue weighted by Crippen LogP contribution is -2.31. The summed E-state index contributed by atoms with van der Waals surface area (Å²) >= 11 is 0. The van der Waals surface area contributed by atoms with Crippen LogP contribution in [0.1, 0.15) is 35.1 Å². The fourth-order valence-electron chi connectivity index (χ4n) is 2.65. The smallest absolute Gasteiger partial charge is 0.273 e. The van der Waals surface area contributed by atoms with Gasteiger partial charge in [0.25, 0.3) is 5.91 Å². The molecule has 2 aromatic heterocycles. The van der Waals surface area contributed by atoms with Crippen molar-refractivity contribution in [1.29, 1.82) is 0 Å². The van der Waals surface area contributed by atoms with Gasteiger partial charge in [0, 0.05) is 24.0 Å². The Morgan fingerprint density at radius 2 is 2.25 bits per heavy atom. The first kappa shape index (κ1) is 12.9. The molecule has 0 radical (unpaired) electrons. The number of carbonyl (C=O) groups excluding carboxylic acids is 1. The van der Waals surface area contributed by atoms with E-state index in [-0.39, 0.29) is 5.91 Å². The highest BCUT2D eigenvalue weighted by Crippen LogP contribution is 2.21. The van der Waals surface area contributed by atoms with E-state index in [0.29, 0.717) is 17.6 Å². The lowest BCUT2D eigenvalue weighted by molar-refractivity contribution is 0.101. The Labute approximate surface area is 117 Å². The summed E-state index contributed by atoms with van der Waals surface area (Å²) in [6, 6.07) is 5.99. The number of rotatable bonds is 3. The minimum atomic E-state index is -0.111. The lowest BCUT2D eigenvalue weighted by Gasteiger charge is -2.25. The van der Waals surface area contributed by atoms with Crippen LogP contribution >= 0.6 is 0 Å². The molecule has 1 aliphatic rings. The van der Waals surface area contributed by atoms with E-state index in [1.807, 2.05) is 31.3 Å². The van der Waals surface area contributed by atoms with Crippen LogP contribution in [0, 0.1) is 6.92 Å². The van der Waals surface area contributed by atoms with E-state index in [1.165, 1.54) is 0 Å². The van der Waals surface area contributed by atoms with Gasteiger partial charge in [-0.1, -0.05) is 0 Å². The molecule has 3 rings (SSSR count). The molecule has 0 spiro atoms. The van der Waals surface area contributed by atoms with Crippen LogP contribution in [0.4, 0.5) is 5.82 Å². The molecule has 106 valence electrons. The fraction of sp³-hybridized carbons (Fsp3) is 0.429. The number of carbonyl (C=O) groups is 1. The van der Waals surface area contributed by atoms with Crippen molar-refractivity contribution in [2.45, 2.75) is 25.8 Å². The first-order valence-electron chi connectivity index (χ1n) is 6.95. The largest absolute Gasteiger partial charge is 0.340 e. The minimum Gasteiger partial charge on any atom is -0.340 e. The fourth-order valence-corrected chi connectivity index (χ4v) is 2.65. The van der Waals surface area contributed by atoms with Gasteiger partial charge in [-0.25, -0.2) is 0 Å². The van der Waals surface area contributed by atoms with Crippen molar-refractivity contribution in [2.24, 2.45) is 0 Å². The van der Waals surface area contributed by atoms with Crippen molar-refractivity contribution < 1.29 is 4.79 Å². The normalized spacial score (nSPS) is 16.2. The second kappa shape index (κ2) is 5.50. The molecule has 2 aromatic rings. The number of hydrogen-bond donors (Lipinski definition) is 3. The number of anilines is 1. The Kier molecular flexibility index (Phi) is 3.56. The predicted octanol–water partition coefficient (Wildman–Crippen LogP) is 1.70. The van der Waals surface area contributed by atoms with Gasteiger partial charge in [0.05, 0.1) is 0 Å². The standard InChI is InChI=1S/C14H19N5O/c1-10-9-13(18-17-10)16-14(20)12-3-2-8-19(12)11-4-6-15-7-5-11/h2-3,8-9,11,15H,4-7H2,1H3,(H2,16,17,18,20). The van der Waals surface area contributed by atoms with E-state index in [0.717, 1.165) is 31.6 Å². The molecule has 3 N–H and O–H groups in total. The summed E-state index contributed by atoms with van der Waals surface area (Å²) in [5.74, 6) is 0.450. The van der Waals surface area contributed by atoms with Crippen LogP contribution in [0.2, 0.25) is 0 Å². The summed E-state index contributed by atoms with van der Waals surface area (Å²) < 4.78 is 2.08. The van der Waals surface area contributed by atoms with Gasteiger partial charge in [0.15, 0.2) is 5.82 Å². The zero-order chi connectivity index (χ0) is 13.9. The SMILES string of the molecule is Cc1cc(NC(=O)c2cccn2C2CCNCC2)n[nH]1. The van der Waals surface area contributed by atoms with E-state index < -0.39 is 0 Å². The number of amides is 1. The number of aryl methyl sites for hydroxylation is 1. The number of H-pyrrole nitrogens is 1. The third-order valence-corrected chi connectivity index (χ3v) is 3.66. The van der Waals surface area contributed by atoms with Crippen molar-refractivity contribution in [3.8, 4) is 0 Å². The van der Waals surface area contributed by atoms with Gasteiger partial charge in [-0.2, -0.15) is 5.10 Å². The molecular formula is C14H19N5O. The number of nitrogens with zero attached hydrogens (tertiary/aromatic N) is 2. The molecule has 1 aliphatic heterocycles. The summed E-state index contributed by atoms with van der Waals surface area (Å²) in [4.78, 5) is 12.3. The van der Waals surface area contributed by atoms with Crippen LogP contribution in [0.25, 0.3) is 0 Å². The molecule has 1 amide bonds. The summed E-state index contributed by atoms with van der Waals surface area (Å²) in [6.07, 6.45) is 4.09. The highest BCUT2D eigenvalue weighted by molar-refractivity contribution is 6.02. The molecule has 20 heavy (non-hydrogen) atoms. The summed E-state index contributed by atoms with van der Waals surface area (Å²) in [6.45, 7) is 3.91. The molecule has 1 saturated heterocycles. The molecule has 0 atom stereocenters. The zero-order valence-corrected chi connectivity index (χ0v) is 11.5. The molecule has 1 fully saturated rings. The van der Waals surface area contributed by atoms with Crippen LogP contribution in [0.15, 0.2) is 24.4 Å². The molecular weight excluding hydrogens is 254 g/mol. The number of nitrogens with one attached hydrogen (secondary N) is 3. The van der Waals surface area contributed by atoms with Crippen molar-refractivity contribution in [3.05, 3.63) is 35.8 Å². The average molecular weight is 273 g/mol. The summed E-state index contributed by atoms with van der Waals surface area (Å²) in [5, 5.41) is 13.0. The molecule has 0 saturated carbocycles. The topological polar surface area (TPSA) is 74.7 Å². The lowest BCUT2D eigenvalue weighted by atomic mass is 10.1. The molecule has 6 heteroatoms. The maximum absolute atomic E-state index is 12.3. The van der Waals surface area contributed by atoms with E-state index in [4.69, 9.17) is 0 Å². The van der Waals surface area contributed by atoms with Gasteiger partial charge in [-0.15, -0.1) is 0 Å². The molecule has 0 bridgehead atoms. The van der Waals surface area contributed by atoms with Crippen LogP contribution in [0.3, 0.4) is 0 Å². The monoisotopic (exact) mass is 273 g/mol. The molecule has 6 nitrogen and oxygen atoms in total. The first-order chi connectivity index (χ1) is 9.74. The Morgan fingerprint density at radius 1 is 1.45 bits per heavy atom. The summed E-state index contributed by atoms with van der Waals surface area (Å²) in [5.41, 5.74) is 1.62. The quantitative estimate of drug-likeness (QED) is 0.796. The van der Waals surface area contributed by atoms with E-state index in [1.54, 1.807) is 0 Å². The Balaban J connectivity index is 1.76. The number of aromatic amines is 1. The third kappa shape index (κ3) is 2.60. The molecule has 3 heterocycles. The summed E-state index contributed by atoms with van der Waals surface area (Å²) in [7, 11) is 0. The van der Waals surface area contributed by atoms with Gasteiger partial charge in [0.1, 0.15) is 5.69 Å². The van der Waals surface area contributed by atoms with Crippen LogP contribution in [-0.4, -0.2) is 33.8 Å². The van der Waals surface area contributed by atoms with E-state index in [2.05, 4.69) is 25.4 Å². The maximum atomic E-state index is 12.3. The zero-order valence-electron chi connectivity index (χ0n) is 11.5. The number of piperidine rings is 1. The van der Waals surface area contributed by atoms with E-state index in [9.17, 15) is 4.79 Å². The van der Waals surface area contributed by atoms with Crippen molar-refractivity contribution in [1.82, 2.24) is 20.1 Å². The minimum absolute atomic E-state index is 0.111. The maximum Gasteiger partial charge on any atom is 0.273 e. The molecule has 0 aliphatic carbocycles. The third-order valence-electron chi connectivity index (χ3n) is 3.66. The predicted molar refractivity (Wildman–Crippen MR) is 76.9 cm³/mol. The number of hydrogen-bond acceptors (Lipinski definition) is 3. The van der Waals surface area contributed by atoms with Gasteiger partial charge < -0.3 is 15.2 Å². The van der Waals surface area contributed by atoms with Crippen molar-refractivity contribution in [3.63, 3.8) is 0 Å². The van der Waals surface area contributed by atoms with Crippen molar-refractivity contribution in [2.75, 3.05) is 18.4 Å². The first-order valence-corrected chi connectivity index (χ1v) is 6.95. The average Bonchev–Trinajstić information content (AvgIpc) is 3.09.